The van der Waals surface area contributed by atoms with Crippen molar-refractivity contribution in [2.24, 2.45) is 0 Å². The maximum atomic E-state index is 14.0. The normalized spacial score (nSPS) is 18.4. The van der Waals surface area contributed by atoms with Crippen LogP contribution in [0.2, 0.25) is 0 Å². The SMILES string of the molecule is CN1C(=O)/C(=C/c2ccccc2F)Sc2ccc(C(=O)N3CCCCC3)cc21. The van der Waals surface area contributed by atoms with E-state index in [2.05, 4.69) is 0 Å². The highest BCUT2D eigenvalue weighted by Crippen LogP contribution is 2.42. The monoisotopic (exact) mass is 396 g/mol. The zero-order chi connectivity index (χ0) is 19.7. The second-order valence-corrected chi connectivity index (χ2v) is 8.12. The van der Waals surface area contributed by atoms with Crippen molar-refractivity contribution in [3.05, 3.63) is 64.3 Å². The average molecular weight is 396 g/mol. The van der Waals surface area contributed by atoms with E-state index in [9.17, 15) is 14.0 Å². The maximum absolute atomic E-state index is 14.0. The van der Waals surface area contributed by atoms with Gasteiger partial charge in [-0.1, -0.05) is 30.0 Å². The Hall–Kier alpha value is -2.60. The topological polar surface area (TPSA) is 40.6 Å². The summed E-state index contributed by atoms with van der Waals surface area (Å²) in [5.74, 6) is -0.552. The van der Waals surface area contributed by atoms with E-state index in [0.717, 1.165) is 30.8 Å². The number of amides is 2. The number of hydrogen-bond acceptors (Lipinski definition) is 3. The molecule has 28 heavy (non-hydrogen) atoms. The molecule has 4 rings (SSSR count). The molecule has 1 saturated heterocycles. The molecule has 1 fully saturated rings. The second kappa shape index (κ2) is 7.80. The smallest absolute Gasteiger partial charge is 0.264 e. The molecule has 144 valence electrons. The molecule has 0 unspecified atom stereocenters. The lowest BCUT2D eigenvalue weighted by atomic mass is 10.1. The number of likely N-dealkylation sites (N-methyl/N-ethyl adjacent to an activating group) is 1. The molecule has 6 heteroatoms. The van der Waals surface area contributed by atoms with Crippen LogP contribution in [-0.2, 0) is 4.79 Å². The van der Waals surface area contributed by atoms with Gasteiger partial charge in [-0.05, 0) is 49.6 Å². The number of piperidine rings is 1. The van der Waals surface area contributed by atoms with Gasteiger partial charge in [0.15, 0.2) is 0 Å². The molecule has 2 aliphatic heterocycles. The zero-order valence-electron chi connectivity index (χ0n) is 15.7. The van der Waals surface area contributed by atoms with Crippen LogP contribution in [0.25, 0.3) is 6.08 Å². The molecule has 0 aromatic heterocycles. The van der Waals surface area contributed by atoms with Gasteiger partial charge in [0.05, 0.1) is 10.6 Å². The molecular formula is C22H21FN2O2S. The quantitative estimate of drug-likeness (QED) is 0.699. The van der Waals surface area contributed by atoms with Crippen LogP contribution in [0.15, 0.2) is 52.3 Å². The molecule has 0 aliphatic carbocycles. The Bertz CT molecular complexity index is 967. The van der Waals surface area contributed by atoms with Gasteiger partial charge in [-0.3, -0.25) is 9.59 Å². The van der Waals surface area contributed by atoms with Crippen molar-refractivity contribution in [1.82, 2.24) is 4.90 Å². The third-order valence-corrected chi connectivity index (χ3v) is 6.22. The number of fused-ring (bicyclic) bond motifs is 1. The van der Waals surface area contributed by atoms with Crippen molar-refractivity contribution >= 4 is 35.3 Å². The number of carbonyl (C=O) groups is 2. The minimum Gasteiger partial charge on any atom is -0.339 e. The molecule has 2 aromatic carbocycles. The second-order valence-electron chi connectivity index (χ2n) is 7.03. The van der Waals surface area contributed by atoms with Crippen molar-refractivity contribution in [1.29, 1.82) is 0 Å². The summed E-state index contributed by atoms with van der Waals surface area (Å²) in [5, 5.41) is 0. The van der Waals surface area contributed by atoms with Crippen LogP contribution in [0, 0.1) is 5.82 Å². The first kappa shape index (κ1) is 18.7. The third kappa shape index (κ3) is 3.56. The van der Waals surface area contributed by atoms with Crippen LogP contribution < -0.4 is 4.90 Å². The van der Waals surface area contributed by atoms with E-state index in [-0.39, 0.29) is 17.6 Å². The summed E-state index contributed by atoms with van der Waals surface area (Å²) in [4.78, 5) is 30.3. The summed E-state index contributed by atoms with van der Waals surface area (Å²) in [5.41, 5.74) is 1.69. The Morgan fingerprint density at radius 3 is 2.61 bits per heavy atom. The number of anilines is 1. The first-order chi connectivity index (χ1) is 13.5. The number of benzene rings is 2. The molecule has 0 spiro atoms. The molecule has 2 aliphatic rings. The molecule has 0 bridgehead atoms. The molecule has 0 N–H and O–H groups in total. The molecule has 2 amide bonds. The van der Waals surface area contributed by atoms with Crippen LogP contribution in [0.5, 0.6) is 0 Å². The molecule has 0 saturated carbocycles. The maximum Gasteiger partial charge on any atom is 0.264 e. The van der Waals surface area contributed by atoms with Gasteiger partial charge in [0.25, 0.3) is 11.8 Å². The summed E-state index contributed by atoms with van der Waals surface area (Å²) in [7, 11) is 1.69. The lowest BCUT2D eigenvalue weighted by Crippen LogP contribution is -2.36. The molecule has 4 nitrogen and oxygen atoms in total. The van der Waals surface area contributed by atoms with E-state index in [1.165, 1.54) is 29.1 Å². The number of rotatable bonds is 2. The lowest BCUT2D eigenvalue weighted by Gasteiger charge is -2.29. The Morgan fingerprint density at radius 2 is 1.86 bits per heavy atom. The van der Waals surface area contributed by atoms with E-state index in [4.69, 9.17) is 0 Å². The Balaban J connectivity index is 1.63. The van der Waals surface area contributed by atoms with Crippen LogP contribution in [0.3, 0.4) is 0 Å². The minimum absolute atomic E-state index is 0.0149. The number of likely N-dealkylation sites (tertiary alicyclic amines) is 1. The fourth-order valence-corrected chi connectivity index (χ4v) is 4.62. The summed E-state index contributed by atoms with van der Waals surface area (Å²) >= 11 is 1.31. The van der Waals surface area contributed by atoms with Gasteiger partial charge in [0.2, 0.25) is 0 Å². The van der Waals surface area contributed by atoms with Gasteiger partial charge < -0.3 is 9.80 Å². The number of carbonyl (C=O) groups excluding carboxylic acids is 2. The zero-order valence-corrected chi connectivity index (χ0v) is 16.5. The Kier molecular flexibility index (Phi) is 5.22. The van der Waals surface area contributed by atoms with E-state index >= 15 is 0 Å². The van der Waals surface area contributed by atoms with E-state index in [1.54, 1.807) is 37.4 Å². The fourth-order valence-electron chi connectivity index (χ4n) is 3.54. The van der Waals surface area contributed by atoms with Gasteiger partial charge in [0, 0.05) is 36.2 Å². The number of thioether (sulfide) groups is 1. The van der Waals surface area contributed by atoms with Crippen molar-refractivity contribution in [2.75, 3.05) is 25.0 Å². The van der Waals surface area contributed by atoms with Gasteiger partial charge in [-0.15, -0.1) is 0 Å². The van der Waals surface area contributed by atoms with Crippen LogP contribution in [0.4, 0.5) is 10.1 Å². The Labute approximate surface area is 168 Å². The Morgan fingerprint density at radius 1 is 1.11 bits per heavy atom. The molecule has 0 atom stereocenters. The third-order valence-electron chi connectivity index (χ3n) is 5.14. The van der Waals surface area contributed by atoms with Gasteiger partial charge in [-0.25, -0.2) is 4.39 Å². The number of halogens is 1. The van der Waals surface area contributed by atoms with E-state index < -0.39 is 0 Å². The molecular weight excluding hydrogens is 375 g/mol. The summed E-state index contributed by atoms with van der Waals surface area (Å²) in [6.45, 7) is 1.57. The largest absolute Gasteiger partial charge is 0.339 e. The van der Waals surface area contributed by atoms with Crippen molar-refractivity contribution in [3.63, 3.8) is 0 Å². The number of nitrogens with zero attached hydrogens (tertiary/aromatic N) is 2. The van der Waals surface area contributed by atoms with Gasteiger partial charge in [0.1, 0.15) is 5.82 Å². The summed E-state index contributed by atoms with van der Waals surface area (Å²) in [6, 6.07) is 11.9. The number of hydrogen-bond donors (Lipinski definition) is 0. The molecule has 2 heterocycles. The standard InChI is InChI=1S/C22H21FN2O2S/c1-24-18-13-16(21(26)25-11-5-2-6-12-25)9-10-19(18)28-20(22(24)27)14-15-7-3-4-8-17(15)23/h3-4,7-10,13-14H,2,5-6,11-12H2,1H3/b20-14-. The predicted molar refractivity (Wildman–Crippen MR) is 110 cm³/mol. The average Bonchev–Trinajstić information content (AvgIpc) is 2.73. The molecule has 0 radical (unpaired) electrons. The highest BCUT2D eigenvalue weighted by Gasteiger charge is 2.28. The van der Waals surface area contributed by atoms with Gasteiger partial charge >= 0.3 is 0 Å². The summed E-state index contributed by atoms with van der Waals surface area (Å²) < 4.78 is 14.0. The lowest BCUT2D eigenvalue weighted by molar-refractivity contribution is -0.114. The predicted octanol–water partition coefficient (Wildman–Crippen LogP) is 4.56. The summed E-state index contributed by atoms with van der Waals surface area (Å²) in [6.07, 6.45) is 4.82. The first-order valence-corrected chi connectivity index (χ1v) is 10.2. The van der Waals surface area contributed by atoms with Crippen molar-refractivity contribution in [3.8, 4) is 0 Å². The van der Waals surface area contributed by atoms with Gasteiger partial charge in [-0.2, -0.15) is 0 Å². The van der Waals surface area contributed by atoms with Crippen LogP contribution in [-0.4, -0.2) is 36.9 Å². The van der Waals surface area contributed by atoms with Crippen LogP contribution >= 0.6 is 11.8 Å². The van der Waals surface area contributed by atoms with E-state index in [0.29, 0.717) is 21.7 Å². The molecule has 2 aromatic rings. The highest BCUT2D eigenvalue weighted by atomic mass is 32.2. The van der Waals surface area contributed by atoms with Crippen LogP contribution in [0.1, 0.15) is 35.2 Å². The van der Waals surface area contributed by atoms with Crippen molar-refractivity contribution in [2.45, 2.75) is 24.2 Å². The highest BCUT2D eigenvalue weighted by molar-refractivity contribution is 8.04. The van der Waals surface area contributed by atoms with E-state index in [1.807, 2.05) is 17.0 Å². The minimum atomic E-state index is -0.362. The fraction of sp³-hybridized carbons (Fsp3) is 0.273. The van der Waals surface area contributed by atoms with Crippen molar-refractivity contribution < 1.29 is 14.0 Å². The first-order valence-electron chi connectivity index (χ1n) is 9.40.